The van der Waals surface area contributed by atoms with Crippen molar-refractivity contribution >= 4 is 21.9 Å². The number of fused-ring (bicyclic) bond motifs is 7. The van der Waals surface area contributed by atoms with Gasteiger partial charge in [-0.2, -0.15) is 0 Å². The molecular weight excluding hydrogens is 539 g/mol. The standard InChI is InChI=1S/C31H42O7S.Na/c1-17-24(18(2)32)20(33)14-19-25(17)21(39(36,37)38)15-22-29(19,5)11-13-31(7)23-16-28(4,26(34)35)9-8-27(23,3)10-12-30(22,31)6;/h14-15,21,23,33H,8-13,16H2,1-7H3,(H,34,35)(H,36,37,38);/q;+1/p-1/t21?,23?,27-,28-,29+,30-,31+;/m1./s1. The number of carbonyl (C=O) groups excluding carboxylic acids is 1. The summed E-state index contributed by atoms with van der Waals surface area (Å²) in [5.74, 6) is -1.23. The van der Waals surface area contributed by atoms with Crippen molar-refractivity contribution in [3.63, 3.8) is 0 Å². The first kappa shape index (κ1) is 31.7. The molecule has 7 nitrogen and oxygen atoms in total. The van der Waals surface area contributed by atoms with Gasteiger partial charge in [-0.3, -0.25) is 9.59 Å². The van der Waals surface area contributed by atoms with Gasteiger partial charge in [0.05, 0.1) is 16.2 Å². The van der Waals surface area contributed by atoms with E-state index in [1.165, 1.54) is 13.0 Å². The maximum absolute atomic E-state index is 12.8. The van der Waals surface area contributed by atoms with Gasteiger partial charge in [-0.1, -0.05) is 39.3 Å². The minimum Gasteiger partial charge on any atom is -0.747 e. The van der Waals surface area contributed by atoms with E-state index in [1.54, 1.807) is 13.0 Å². The summed E-state index contributed by atoms with van der Waals surface area (Å²) in [6.07, 6.45) is 6.87. The molecule has 0 spiro atoms. The van der Waals surface area contributed by atoms with Crippen LogP contribution >= 0.6 is 0 Å². The molecule has 4 aliphatic carbocycles. The summed E-state index contributed by atoms with van der Waals surface area (Å²) in [5, 5.41) is 19.6. The summed E-state index contributed by atoms with van der Waals surface area (Å²) < 4.78 is 38.5. The van der Waals surface area contributed by atoms with Gasteiger partial charge in [0, 0.05) is 5.41 Å². The smallest absolute Gasteiger partial charge is 0.747 e. The van der Waals surface area contributed by atoms with Crippen LogP contribution in [0.5, 0.6) is 5.75 Å². The van der Waals surface area contributed by atoms with Crippen LogP contribution in [0.2, 0.25) is 0 Å². The molecule has 0 bridgehead atoms. The monoisotopic (exact) mass is 580 g/mol. The van der Waals surface area contributed by atoms with Gasteiger partial charge in [-0.15, -0.1) is 0 Å². The molecule has 1 aromatic carbocycles. The largest absolute Gasteiger partial charge is 1.00 e. The van der Waals surface area contributed by atoms with Gasteiger partial charge >= 0.3 is 35.5 Å². The van der Waals surface area contributed by atoms with Crippen LogP contribution in [0.15, 0.2) is 17.7 Å². The Hall–Kier alpha value is -1.19. The number of hydrogen-bond acceptors (Lipinski definition) is 6. The van der Waals surface area contributed by atoms with E-state index in [9.17, 15) is 32.8 Å². The van der Waals surface area contributed by atoms with E-state index < -0.39 is 37.6 Å². The van der Waals surface area contributed by atoms with Gasteiger partial charge in [0.15, 0.2) is 5.78 Å². The number of hydrogen-bond donors (Lipinski definition) is 2. The molecule has 0 amide bonds. The molecular formula is C31H41NaO7S. The Bertz CT molecular complexity index is 1450. The average molecular weight is 581 g/mol. The number of carboxylic acids is 1. The number of phenolic OH excluding ortho intramolecular Hbond substituents is 1. The minimum absolute atomic E-state index is 0. The van der Waals surface area contributed by atoms with E-state index in [1.807, 2.05) is 6.92 Å². The molecule has 9 heteroatoms. The molecule has 0 heterocycles. The summed E-state index contributed by atoms with van der Waals surface area (Å²) in [5.41, 5.74) is -0.0241. The number of ketones is 1. The second kappa shape index (κ2) is 9.40. The molecule has 0 aromatic heterocycles. The predicted octanol–water partition coefficient (Wildman–Crippen LogP) is 3.19. The molecule has 214 valence electrons. The number of carbonyl (C=O) groups is 2. The number of carboxylic acid groups (broad SMARTS) is 1. The number of rotatable bonds is 3. The summed E-state index contributed by atoms with van der Waals surface area (Å²) in [7, 11) is -4.84. The zero-order chi connectivity index (χ0) is 29.1. The molecule has 7 atom stereocenters. The number of aliphatic carboxylic acids is 1. The number of phenols is 1. The molecule has 1 aromatic rings. The summed E-state index contributed by atoms with van der Waals surface area (Å²) in [6, 6.07) is 1.52. The van der Waals surface area contributed by atoms with E-state index in [2.05, 4.69) is 27.7 Å². The van der Waals surface area contributed by atoms with Crippen molar-refractivity contribution in [1.29, 1.82) is 0 Å². The van der Waals surface area contributed by atoms with Crippen molar-refractivity contribution in [1.82, 2.24) is 0 Å². The van der Waals surface area contributed by atoms with Crippen molar-refractivity contribution in [2.75, 3.05) is 0 Å². The van der Waals surface area contributed by atoms with Crippen LogP contribution in [-0.4, -0.2) is 34.9 Å². The minimum atomic E-state index is -4.84. The number of allylic oxidation sites excluding steroid dienone is 1. The van der Waals surface area contributed by atoms with Crippen molar-refractivity contribution in [2.45, 2.75) is 104 Å². The van der Waals surface area contributed by atoms with Gasteiger partial charge in [-0.25, -0.2) is 8.42 Å². The fraction of sp³-hybridized carbons (Fsp3) is 0.677. The molecule has 3 saturated carbocycles. The van der Waals surface area contributed by atoms with Gasteiger partial charge in [-0.05, 0) is 111 Å². The predicted molar refractivity (Wildman–Crippen MR) is 147 cm³/mol. The SMILES string of the molecule is CC(=O)c1c(O)cc2c(c1C)C(S(=O)(=O)[O-])C=C1[C@@]2(C)CC[C@@]2(C)C3C[C@](C)(C(=O)O)CC[C@]3(C)CC[C@]12C.[Na+]. The molecule has 2 unspecified atom stereocenters. The van der Waals surface area contributed by atoms with Gasteiger partial charge in [0.25, 0.3) is 0 Å². The summed E-state index contributed by atoms with van der Waals surface area (Å²) >= 11 is 0. The average Bonchev–Trinajstić information content (AvgIpc) is 2.81. The van der Waals surface area contributed by atoms with Crippen molar-refractivity contribution in [2.24, 2.45) is 27.6 Å². The van der Waals surface area contributed by atoms with E-state index >= 15 is 0 Å². The number of benzene rings is 1. The van der Waals surface area contributed by atoms with Crippen LogP contribution in [0, 0.1) is 34.5 Å². The van der Waals surface area contributed by atoms with Gasteiger partial charge in [0.1, 0.15) is 15.9 Å². The van der Waals surface area contributed by atoms with Gasteiger partial charge in [0.2, 0.25) is 0 Å². The third-order valence-electron chi connectivity index (χ3n) is 12.3. The Balaban J connectivity index is 0.00000370. The molecule has 2 N–H and O–H groups in total. The normalized spacial score (nSPS) is 40.4. The molecule has 0 aliphatic heterocycles. The maximum atomic E-state index is 12.8. The Morgan fingerprint density at radius 2 is 1.60 bits per heavy atom. The summed E-state index contributed by atoms with van der Waals surface area (Å²) in [4.78, 5) is 24.7. The third kappa shape index (κ3) is 4.06. The summed E-state index contributed by atoms with van der Waals surface area (Å²) in [6.45, 7) is 13.6. The van der Waals surface area contributed by atoms with Crippen molar-refractivity contribution in [3.05, 3.63) is 40.0 Å². The maximum Gasteiger partial charge on any atom is 1.00 e. The Morgan fingerprint density at radius 3 is 2.15 bits per heavy atom. The second-order valence-electron chi connectivity index (χ2n) is 14.3. The van der Waals surface area contributed by atoms with Crippen LogP contribution in [0.25, 0.3) is 0 Å². The first-order chi connectivity index (χ1) is 17.8. The van der Waals surface area contributed by atoms with Crippen molar-refractivity contribution < 1.29 is 62.3 Å². The quantitative estimate of drug-likeness (QED) is 0.243. The number of Topliss-reactive ketones (excluding diaryl/α,β-unsaturated/α-hetero) is 1. The zero-order valence-electron chi connectivity index (χ0n) is 25.1. The number of aromatic hydroxyl groups is 1. The van der Waals surface area contributed by atoms with E-state index in [0.717, 1.165) is 31.3 Å². The zero-order valence-corrected chi connectivity index (χ0v) is 27.9. The van der Waals surface area contributed by atoms with E-state index in [4.69, 9.17) is 0 Å². The molecule has 5 rings (SSSR count). The van der Waals surface area contributed by atoms with Crippen LogP contribution in [0.1, 0.15) is 119 Å². The molecule has 3 fully saturated rings. The Kier molecular flexibility index (Phi) is 7.46. The van der Waals surface area contributed by atoms with Crippen LogP contribution in [0.4, 0.5) is 0 Å². The van der Waals surface area contributed by atoms with Crippen LogP contribution < -0.4 is 29.6 Å². The van der Waals surface area contributed by atoms with Crippen LogP contribution in [-0.2, 0) is 20.3 Å². The van der Waals surface area contributed by atoms with Gasteiger partial charge < -0.3 is 14.8 Å². The Morgan fingerprint density at radius 1 is 1.00 bits per heavy atom. The van der Waals surface area contributed by atoms with E-state index in [0.29, 0.717) is 36.0 Å². The van der Waals surface area contributed by atoms with E-state index in [-0.39, 0.29) is 63.4 Å². The van der Waals surface area contributed by atoms with Crippen molar-refractivity contribution in [3.8, 4) is 5.75 Å². The molecule has 4 aliphatic rings. The first-order valence-corrected chi connectivity index (χ1v) is 15.5. The Labute approximate surface area is 260 Å². The fourth-order valence-electron chi connectivity index (χ4n) is 9.57. The second-order valence-corrected chi connectivity index (χ2v) is 15.8. The molecule has 40 heavy (non-hydrogen) atoms. The molecule has 0 saturated heterocycles. The topological polar surface area (TPSA) is 132 Å². The van der Waals surface area contributed by atoms with Crippen LogP contribution in [0.3, 0.4) is 0 Å². The first-order valence-electron chi connectivity index (χ1n) is 14.0. The fourth-order valence-corrected chi connectivity index (χ4v) is 10.5. The molecule has 0 radical (unpaired) electrons. The third-order valence-corrected chi connectivity index (χ3v) is 13.3.